The van der Waals surface area contributed by atoms with Gasteiger partial charge in [0.2, 0.25) is 0 Å². The number of hydrogen-bond acceptors (Lipinski definition) is 2. The predicted octanol–water partition coefficient (Wildman–Crippen LogP) is 3.08. The van der Waals surface area contributed by atoms with Gasteiger partial charge in [-0.05, 0) is 24.5 Å². The fourth-order valence-electron chi connectivity index (χ4n) is 1.60. The topological polar surface area (TPSA) is 29.3 Å². The van der Waals surface area contributed by atoms with Gasteiger partial charge in [-0.1, -0.05) is 26.1 Å². The first-order chi connectivity index (χ1) is 8.34. The number of halogens is 2. The number of nitrogens with two attached hydrogens (primary N) is 1. The Kier molecular flexibility index (Phi) is 5.02. The van der Waals surface area contributed by atoms with E-state index in [2.05, 4.69) is 26.1 Å². The Morgan fingerprint density at radius 2 is 1.94 bits per heavy atom. The van der Waals surface area contributed by atoms with Gasteiger partial charge < -0.3 is 10.6 Å². The van der Waals surface area contributed by atoms with Crippen LogP contribution in [0.2, 0.25) is 0 Å². The van der Waals surface area contributed by atoms with E-state index in [-0.39, 0.29) is 16.2 Å². The van der Waals surface area contributed by atoms with Crippen LogP contribution in [0.25, 0.3) is 0 Å². The molecule has 5 heteroatoms. The molecule has 1 aromatic rings. The zero-order chi connectivity index (χ0) is 13.9. The van der Waals surface area contributed by atoms with Crippen molar-refractivity contribution in [1.29, 1.82) is 0 Å². The highest BCUT2D eigenvalue weighted by atomic mass is 32.1. The predicted molar refractivity (Wildman–Crippen MR) is 75.0 cm³/mol. The Labute approximate surface area is 112 Å². The molecule has 0 amide bonds. The molecule has 0 unspecified atom stereocenters. The maximum Gasteiger partial charge on any atom is 0.182 e. The molecule has 0 fully saturated rings. The third kappa shape index (κ3) is 3.38. The summed E-state index contributed by atoms with van der Waals surface area (Å²) in [5.41, 5.74) is 5.50. The van der Waals surface area contributed by atoms with Crippen molar-refractivity contribution in [1.82, 2.24) is 0 Å². The van der Waals surface area contributed by atoms with Gasteiger partial charge in [-0.15, -0.1) is 0 Å². The number of thiocarbonyl (C=S) groups is 1. The Balaban J connectivity index is 2.97. The number of nitrogens with zero attached hydrogens (tertiary/aromatic N) is 1. The lowest BCUT2D eigenvalue weighted by Crippen LogP contribution is -2.22. The van der Waals surface area contributed by atoms with Crippen molar-refractivity contribution in [2.24, 2.45) is 11.7 Å². The zero-order valence-electron chi connectivity index (χ0n) is 10.8. The van der Waals surface area contributed by atoms with Crippen molar-refractivity contribution in [3.63, 3.8) is 0 Å². The number of anilines is 1. The molecule has 0 aliphatic carbocycles. The lowest BCUT2D eigenvalue weighted by Gasteiger charge is -2.21. The smallest absolute Gasteiger partial charge is 0.182 e. The van der Waals surface area contributed by atoms with E-state index in [9.17, 15) is 8.78 Å². The molecule has 0 radical (unpaired) electrons. The van der Waals surface area contributed by atoms with Crippen LogP contribution in [-0.2, 0) is 0 Å². The van der Waals surface area contributed by atoms with Crippen LogP contribution in [0.4, 0.5) is 14.5 Å². The standard InChI is InChI=1S/C13H18F2N2S/c1-8(2)6-7-17(3)10-5-4-9(13(16)18)11(14)12(10)15/h4-5,8H,6-7H2,1-3H3,(H2,16,18). The van der Waals surface area contributed by atoms with Crippen LogP contribution in [0.3, 0.4) is 0 Å². The van der Waals surface area contributed by atoms with E-state index >= 15 is 0 Å². The van der Waals surface area contributed by atoms with Crippen LogP contribution in [0.15, 0.2) is 12.1 Å². The van der Waals surface area contributed by atoms with Gasteiger partial charge in [0.05, 0.1) is 5.69 Å². The summed E-state index contributed by atoms with van der Waals surface area (Å²) in [5, 5.41) is 0. The molecular weight excluding hydrogens is 254 g/mol. The van der Waals surface area contributed by atoms with Crippen LogP contribution in [0.1, 0.15) is 25.8 Å². The molecule has 0 heterocycles. The van der Waals surface area contributed by atoms with E-state index in [1.54, 1.807) is 11.9 Å². The number of hydrogen-bond donors (Lipinski definition) is 1. The summed E-state index contributed by atoms with van der Waals surface area (Å²) in [5.74, 6) is -1.36. The van der Waals surface area contributed by atoms with Gasteiger partial charge in [0.15, 0.2) is 11.6 Å². The molecule has 0 aromatic heterocycles. The second-order valence-corrected chi connectivity index (χ2v) is 5.17. The summed E-state index contributed by atoms with van der Waals surface area (Å²) in [6.07, 6.45) is 0.911. The molecule has 0 spiro atoms. The molecule has 2 N–H and O–H groups in total. The summed E-state index contributed by atoms with van der Waals surface area (Å²) in [4.78, 5) is 1.56. The molecule has 18 heavy (non-hydrogen) atoms. The second-order valence-electron chi connectivity index (χ2n) is 4.73. The van der Waals surface area contributed by atoms with Crippen LogP contribution in [0.5, 0.6) is 0 Å². The Bertz CT molecular complexity index is 447. The van der Waals surface area contributed by atoms with Gasteiger partial charge in [0, 0.05) is 19.2 Å². The molecule has 0 aliphatic rings. The second kappa shape index (κ2) is 6.09. The largest absolute Gasteiger partial charge is 0.389 e. The zero-order valence-corrected chi connectivity index (χ0v) is 11.7. The van der Waals surface area contributed by atoms with Crippen LogP contribution in [-0.4, -0.2) is 18.6 Å². The molecule has 0 aliphatic heterocycles. The van der Waals surface area contributed by atoms with Crippen LogP contribution < -0.4 is 10.6 Å². The van der Waals surface area contributed by atoms with Crippen molar-refractivity contribution in [3.05, 3.63) is 29.3 Å². The summed E-state index contributed by atoms with van der Waals surface area (Å²) >= 11 is 4.66. The maximum atomic E-state index is 13.9. The molecule has 1 aromatic carbocycles. The maximum absolute atomic E-state index is 13.9. The lowest BCUT2D eigenvalue weighted by molar-refractivity contribution is 0.503. The van der Waals surface area contributed by atoms with E-state index in [4.69, 9.17) is 5.73 Å². The van der Waals surface area contributed by atoms with E-state index in [1.807, 2.05) is 0 Å². The third-order valence-electron chi connectivity index (χ3n) is 2.78. The summed E-state index contributed by atoms with van der Waals surface area (Å²) in [7, 11) is 1.74. The Morgan fingerprint density at radius 3 is 2.44 bits per heavy atom. The van der Waals surface area contributed by atoms with Gasteiger partial charge in [0.25, 0.3) is 0 Å². The molecular formula is C13H18F2N2S. The van der Waals surface area contributed by atoms with E-state index < -0.39 is 11.6 Å². The monoisotopic (exact) mass is 272 g/mol. The van der Waals surface area contributed by atoms with Gasteiger partial charge >= 0.3 is 0 Å². The quantitative estimate of drug-likeness (QED) is 0.835. The van der Waals surface area contributed by atoms with Crippen molar-refractivity contribution in [2.75, 3.05) is 18.5 Å². The highest BCUT2D eigenvalue weighted by Crippen LogP contribution is 2.24. The van der Waals surface area contributed by atoms with Crippen LogP contribution >= 0.6 is 12.2 Å². The first-order valence-corrected chi connectivity index (χ1v) is 6.24. The van der Waals surface area contributed by atoms with Gasteiger partial charge in [-0.3, -0.25) is 0 Å². The summed E-state index contributed by atoms with van der Waals surface area (Å²) in [6, 6.07) is 2.93. The summed E-state index contributed by atoms with van der Waals surface area (Å²) in [6.45, 7) is 4.84. The Hall–Kier alpha value is -1.23. The highest BCUT2D eigenvalue weighted by molar-refractivity contribution is 7.80. The minimum absolute atomic E-state index is 0.0523. The average molecular weight is 272 g/mol. The first kappa shape index (κ1) is 14.8. The highest BCUT2D eigenvalue weighted by Gasteiger charge is 2.17. The minimum atomic E-state index is -0.976. The van der Waals surface area contributed by atoms with E-state index in [0.717, 1.165) is 6.42 Å². The van der Waals surface area contributed by atoms with E-state index in [0.29, 0.717) is 12.5 Å². The molecule has 0 saturated heterocycles. The SMILES string of the molecule is CC(C)CCN(C)c1ccc(C(N)=S)c(F)c1F. The normalized spacial score (nSPS) is 10.8. The first-order valence-electron chi connectivity index (χ1n) is 5.83. The number of benzene rings is 1. The fraction of sp³-hybridized carbons (Fsp3) is 0.462. The van der Waals surface area contributed by atoms with Crippen molar-refractivity contribution >= 4 is 22.9 Å². The minimum Gasteiger partial charge on any atom is -0.389 e. The van der Waals surface area contributed by atoms with Crippen molar-refractivity contribution < 1.29 is 8.78 Å². The lowest BCUT2D eigenvalue weighted by atomic mass is 10.1. The third-order valence-corrected chi connectivity index (χ3v) is 3.00. The van der Waals surface area contributed by atoms with Gasteiger partial charge in [-0.25, -0.2) is 8.78 Å². The van der Waals surface area contributed by atoms with Crippen molar-refractivity contribution in [2.45, 2.75) is 20.3 Å². The Morgan fingerprint density at radius 1 is 1.33 bits per heavy atom. The fourth-order valence-corrected chi connectivity index (χ4v) is 1.75. The molecule has 100 valence electrons. The average Bonchev–Trinajstić information content (AvgIpc) is 2.29. The van der Waals surface area contributed by atoms with Crippen LogP contribution in [0, 0.1) is 17.6 Å². The van der Waals surface area contributed by atoms with Crippen molar-refractivity contribution in [3.8, 4) is 0 Å². The molecule has 0 saturated carbocycles. The molecule has 1 rings (SSSR count). The van der Waals surface area contributed by atoms with Gasteiger partial charge in [-0.2, -0.15) is 0 Å². The number of rotatable bonds is 5. The molecule has 0 atom stereocenters. The molecule has 0 bridgehead atoms. The van der Waals surface area contributed by atoms with E-state index in [1.165, 1.54) is 12.1 Å². The van der Waals surface area contributed by atoms with Gasteiger partial charge in [0.1, 0.15) is 4.99 Å². The summed E-state index contributed by atoms with van der Waals surface area (Å²) < 4.78 is 27.6. The molecule has 2 nitrogen and oxygen atoms in total.